The number of carbonyl (C=O) groups excluding carboxylic acids is 2. The fourth-order valence-corrected chi connectivity index (χ4v) is 17.0. The maximum Gasteiger partial charge on any atom is 0.318 e. The van der Waals surface area contributed by atoms with E-state index < -0.39 is 0 Å². The molecule has 18 heteroatoms. The van der Waals surface area contributed by atoms with Gasteiger partial charge in [0.05, 0.1) is 87.0 Å². The second-order valence-corrected chi connectivity index (χ2v) is 26.8. The summed E-state index contributed by atoms with van der Waals surface area (Å²) in [4.78, 5) is 59.2. The average Bonchev–Trinajstić information content (AvgIpc) is 1.77. The van der Waals surface area contributed by atoms with E-state index in [1.807, 2.05) is 0 Å². The Hall–Kier alpha value is -8.32. The molecule has 4 aromatic carbocycles. The zero-order chi connectivity index (χ0) is 62.3. The number of nitriles is 2. The number of aromatic nitrogens is 4. The lowest BCUT2D eigenvalue weighted by atomic mass is 9.88. The number of nitrogens with zero attached hydrogens (tertiary/aromatic N) is 12. The minimum absolute atomic E-state index is 0.155. The van der Waals surface area contributed by atoms with Crippen LogP contribution in [0.25, 0.3) is 21.5 Å². The highest BCUT2D eigenvalue weighted by molar-refractivity contribution is 6.00. The van der Waals surface area contributed by atoms with Gasteiger partial charge >= 0.3 is 12.0 Å². The molecule has 2 amide bonds. The molecular weight excluding hydrogens is 1140 g/mol. The first-order valence-electron chi connectivity index (χ1n) is 33.4. The van der Waals surface area contributed by atoms with E-state index in [0.29, 0.717) is 120 Å². The number of fused-ring (bicyclic) bond motifs is 5. The molecule has 1 spiro atoms. The second kappa shape index (κ2) is 25.8. The first kappa shape index (κ1) is 60.3. The lowest BCUT2D eigenvalue weighted by molar-refractivity contribution is -0.129. The molecule has 4 saturated carbocycles. The van der Waals surface area contributed by atoms with Crippen molar-refractivity contribution in [1.29, 1.82) is 10.5 Å². The summed E-state index contributed by atoms with van der Waals surface area (Å²) in [5.74, 6) is 2.95. The summed E-state index contributed by atoms with van der Waals surface area (Å²) in [7, 11) is 0. The van der Waals surface area contributed by atoms with E-state index in [9.17, 15) is 20.1 Å². The normalized spacial score (nSPS) is 24.0. The van der Waals surface area contributed by atoms with E-state index in [4.69, 9.17) is 38.9 Å². The third kappa shape index (κ3) is 11.9. The molecule has 6 aromatic rings. The smallest absolute Gasteiger partial charge is 0.318 e. The van der Waals surface area contributed by atoms with Crippen LogP contribution in [0.5, 0.6) is 12.0 Å². The lowest BCUT2D eigenvalue weighted by Crippen LogP contribution is -2.55. The highest BCUT2D eigenvalue weighted by Gasteiger charge is 2.52. The van der Waals surface area contributed by atoms with Gasteiger partial charge in [0.15, 0.2) is 0 Å². The fourth-order valence-electron chi connectivity index (χ4n) is 17.0. The van der Waals surface area contributed by atoms with E-state index in [0.717, 1.165) is 92.2 Å². The summed E-state index contributed by atoms with van der Waals surface area (Å²) >= 11 is 0. The van der Waals surface area contributed by atoms with Gasteiger partial charge < -0.3 is 48.3 Å². The number of amides is 2. The molecule has 0 radical (unpaired) electrons. The molecule has 0 N–H and O–H groups in total. The summed E-state index contributed by atoms with van der Waals surface area (Å²) < 4.78 is 26.0. The molecule has 472 valence electrons. The van der Waals surface area contributed by atoms with E-state index in [2.05, 4.69) is 125 Å². The van der Waals surface area contributed by atoms with Crippen LogP contribution in [0.4, 0.5) is 23.0 Å². The molecule has 5 atom stereocenters. The van der Waals surface area contributed by atoms with Crippen molar-refractivity contribution in [2.75, 3.05) is 98.4 Å². The van der Waals surface area contributed by atoms with Gasteiger partial charge in [0, 0.05) is 85.6 Å². The van der Waals surface area contributed by atoms with Crippen molar-refractivity contribution >= 4 is 56.4 Å². The molecule has 6 fully saturated rings. The number of carbonyl (C=O) groups is 2. The molecule has 2 saturated heterocycles. The first-order valence-corrected chi connectivity index (χ1v) is 33.4. The lowest BCUT2D eigenvalue weighted by Gasteiger charge is -2.42. The Labute approximate surface area is 534 Å². The van der Waals surface area contributed by atoms with Crippen LogP contribution in [0.3, 0.4) is 0 Å². The Morgan fingerprint density at radius 3 is 1.74 bits per heavy atom. The van der Waals surface area contributed by atoms with Crippen LogP contribution in [0.1, 0.15) is 116 Å². The number of benzene rings is 4. The highest BCUT2D eigenvalue weighted by Crippen LogP contribution is 2.59. The van der Waals surface area contributed by atoms with Crippen LogP contribution >= 0.6 is 0 Å². The SMILES string of the molecule is C=CC(=O)N1CCN(c2nc(OCCOC3CC4CC(c5ccc(N6CCc7c(nc(OCCOC8CCCC89CC9)nc7N7CCN(C(=O)C=C)[C@@H](CC#N)C7)C6)c6c(C)cccc56)CC4C3)nc3c2CCN(c2cccc4cccc(C)c24)C3)C[C@@H]1CC#N. The quantitative estimate of drug-likeness (QED) is 0.0549. The Morgan fingerprint density at radius 2 is 1.16 bits per heavy atom. The molecule has 8 aliphatic rings. The highest BCUT2D eigenvalue weighted by atomic mass is 16.5. The average molecular weight is 1230 g/mol. The Bertz CT molecular complexity index is 3860. The Balaban J connectivity index is 0.642. The number of rotatable bonds is 19. The maximum atomic E-state index is 12.9. The largest absolute Gasteiger partial charge is 0.461 e. The standard InChI is InChI=1S/C73H84N12O6/c1-5-65(86)84-33-31-82(43-53(84)20-27-74)69-58-22-29-80(62-16-9-14-49-13-7-11-47(3)67(49)62)45-60(58)76-71(78-69)90-37-35-88-55-41-50-39-52(40-51(50)42-55)56-18-19-63(68-48(4)12-8-15-57(56)68)81-30-23-59-61(46-81)77-72(91-38-36-89-64-17-10-24-73(64)25-26-73)79-70(59)83-32-34-85(66(87)6-2)54(44-83)21-28-75/h5-9,11-16,18-19,50-55,64H,1-2,10,17,20-26,29-46H2,3-4H3/t50?,51?,52?,53-,54-,55?,64?/m0/s1. The van der Waals surface area contributed by atoms with Crippen molar-refractivity contribution in [2.45, 2.75) is 141 Å². The second-order valence-electron chi connectivity index (χ2n) is 26.8. The minimum atomic E-state index is -0.292. The number of ether oxygens (including phenoxy) is 4. The third-order valence-electron chi connectivity index (χ3n) is 21.6. The molecule has 6 heterocycles. The van der Waals surface area contributed by atoms with Crippen LogP contribution in [0, 0.1) is 53.8 Å². The van der Waals surface area contributed by atoms with Crippen LogP contribution in [0.2, 0.25) is 0 Å². The number of piperazine rings is 2. The summed E-state index contributed by atoms with van der Waals surface area (Å²) in [5, 5.41) is 24.8. The van der Waals surface area contributed by atoms with Crippen molar-refractivity contribution in [3.63, 3.8) is 0 Å². The first-order chi connectivity index (χ1) is 44.5. The molecule has 4 aliphatic carbocycles. The van der Waals surface area contributed by atoms with Gasteiger partial charge in [0.25, 0.3) is 0 Å². The van der Waals surface area contributed by atoms with Crippen LogP contribution in [0.15, 0.2) is 92.0 Å². The molecule has 18 nitrogen and oxygen atoms in total. The van der Waals surface area contributed by atoms with Crippen molar-refractivity contribution < 1.29 is 28.5 Å². The van der Waals surface area contributed by atoms with Gasteiger partial charge in [-0.05, 0) is 153 Å². The molecule has 4 aliphatic heterocycles. The number of hydrogen-bond acceptors (Lipinski definition) is 16. The third-order valence-corrected chi connectivity index (χ3v) is 21.6. The van der Waals surface area contributed by atoms with Crippen molar-refractivity contribution in [3.05, 3.63) is 131 Å². The van der Waals surface area contributed by atoms with Gasteiger partial charge in [0.2, 0.25) is 11.8 Å². The summed E-state index contributed by atoms with van der Waals surface area (Å²) in [6, 6.07) is 29.2. The van der Waals surface area contributed by atoms with E-state index in [-0.39, 0.29) is 42.8 Å². The monoisotopic (exact) mass is 1220 g/mol. The molecule has 3 unspecified atom stereocenters. The van der Waals surface area contributed by atoms with Gasteiger partial charge in [-0.15, -0.1) is 0 Å². The van der Waals surface area contributed by atoms with Crippen LogP contribution in [-0.2, 0) is 45.0 Å². The van der Waals surface area contributed by atoms with E-state index in [1.165, 1.54) is 87.4 Å². The van der Waals surface area contributed by atoms with E-state index >= 15 is 0 Å². The van der Waals surface area contributed by atoms with Gasteiger partial charge in [0.1, 0.15) is 24.8 Å². The minimum Gasteiger partial charge on any atom is -0.461 e. The number of hydrogen-bond donors (Lipinski definition) is 0. The molecule has 2 aromatic heterocycles. The van der Waals surface area contributed by atoms with Gasteiger partial charge in [-0.2, -0.15) is 30.5 Å². The summed E-state index contributed by atoms with van der Waals surface area (Å²) in [6.07, 6.45) is 15.5. The zero-order valence-corrected chi connectivity index (χ0v) is 52.9. The predicted octanol–water partition coefficient (Wildman–Crippen LogP) is 10.6. The zero-order valence-electron chi connectivity index (χ0n) is 52.9. The van der Waals surface area contributed by atoms with Crippen LogP contribution in [-0.4, -0.2) is 145 Å². The number of anilines is 4. The van der Waals surface area contributed by atoms with Gasteiger partial charge in [-0.25, -0.2) is 0 Å². The number of aryl methyl sites for hydroxylation is 2. The van der Waals surface area contributed by atoms with Crippen molar-refractivity contribution in [3.8, 4) is 24.2 Å². The summed E-state index contributed by atoms with van der Waals surface area (Å²) in [5.41, 5.74) is 10.8. The van der Waals surface area contributed by atoms with Gasteiger partial charge in [-0.3, -0.25) is 9.59 Å². The Kier molecular flexibility index (Phi) is 17.1. The van der Waals surface area contributed by atoms with Crippen molar-refractivity contribution in [1.82, 2.24) is 29.7 Å². The molecule has 14 rings (SSSR count). The predicted molar refractivity (Wildman–Crippen MR) is 351 cm³/mol. The maximum absolute atomic E-state index is 12.9. The van der Waals surface area contributed by atoms with Gasteiger partial charge in [-0.1, -0.05) is 74.2 Å². The Morgan fingerprint density at radius 1 is 0.615 bits per heavy atom. The topological polar surface area (TPSA) is 190 Å². The molecule has 0 bridgehead atoms. The van der Waals surface area contributed by atoms with Crippen molar-refractivity contribution in [2.24, 2.45) is 17.3 Å². The molecular formula is C73H84N12O6. The fraction of sp³-hybridized carbons (Fsp3) is 0.507. The summed E-state index contributed by atoms with van der Waals surface area (Å²) in [6.45, 7) is 19.3. The molecule has 91 heavy (non-hydrogen) atoms. The van der Waals surface area contributed by atoms with E-state index in [1.54, 1.807) is 9.80 Å². The van der Waals surface area contributed by atoms with Crippen LogP contribution < -0.4 is 29.1 Å².